The van der Waals surface area contributed by atoms with Crippen LogP contribution < -0.4 is 16.4 Å². The van der Waals surface area contributed by atoms with Crippen molar-refractivity contribution in [3.8, 4) is 0 Å². The third kappa shape index (κ3) is 6.20. The summed E-state index contributed by atoms with van der Waals surface area (Å²) in [6, 6.07) is 7.71. The first kappa shape index (κ1) is 21.1. The van der Waals surface area contributed by atoms with Crippen molar-refractivity contribution in [2.75, 3.05) is 11.9 Å². The molecule has 4 N–H and O–H groups in total. The van der Waals surface area contributed by atoms with Crippen molar-refractivity contribution in [1.29, 1.82) is 0 Å². The molecule has 0 aliphatic rings. The number of rotatable bonds is 7. The first-order valence-corrected chi connectivity index (χ1v) is 8.35. The summed E-state index contributed by atoms with van der Waals surface area (Å²) in [6.07, 6.45) is -0.327. The number of carbonyl (C=O) groups is 3. The molecule has 0 heterocycles. The van der Waals surface area contributed by atoms with Crippen LogP contribution in [0.5, 0.6) is 0 Å². The summed E-state index contributed by atoms with van der Waals surface area (Å²) in [5, 5.41) is 4.83. The molecule has 148 valence electrons. The van der Waals surface area contributed by atoms with Crippen molar-refractivity contribution in [2.24, 2.45) is 5.73 Å². The molecule has 0 bridgehead atoms. The second kappa shape index (κ2) is 9.65. The Bertz CT molecular complexity index is 857. The third-order valence-electron chi connectivity index (χ3n) is 3.55. The number of nitrogens with one attached hydrogen (secondary N) is 2. The van der Waals surface area contributed by atoms with E-state index in [-0.39, 0.29) is 6.42 Å². The first-order chi connectivity index (χ1) is 13.3. The van der Waals surface area contributed by atoms with Gasteiger partial charge in [-0.2, -0.15) is 0 Å². The summed E-state index contributed by atoms with van der Waals surface area (Å²) >= 11 is 5.80. The van der Waals surface area contributed by atoms with Gasteiger partial charge in [0.1, 0.15) is 17.3 Å². The summed E-state index contributed by atoms with van der Waals surface area (Å²) in [5.74, 6) is -3.69. The van der Waals surface area contributed by atoms with E-state index in [1.807, 2.05) is 5.32 Å². The van der Waals surface area contributed by atoms with Gasteiger partial charge in [0.05, 0.1) is 12.5 Å². The van der Waals surface area contributed by atoms with Crippen molar-refractivity contribution in [2.45, 2.75) is 12.5 Å². The van der Waals surface area contributed by atoms with Crippen LogP contribution in [-0.2, 0) is 14.3 Å². The van der Waals surface area contributed by atoms with E-state index in [4.69, 9.17) is 22.1 Å². The molecule has 7 nitrogen and oxygen atoms in total. The average Bonchev–Trinajstić information content (AvgIpc) is 2.63. The third-order valence-corrected chi connectivity index (χ3v) is 3.80. The number of para-hydroxylation sites is 1. The molecule has 2 aromatic rings. The highest BCUT2D eigenvalue weighted by Crippen LogP contribution is 2.20. The number of esters is 1. The molecule has 0 aromatic heterocycles. The van der Waals surface area contributed by atoms with Gasteiger partial charge in [-0.05, 0) is 29.8 Å². The quantitative estimate of drug-likeness (QED) is 0.608. The molecule has 0 spiro atoms. The lowest BCUT2D eigenvalue weighted by atomic mass is 10.0. The minimum atomic E-state index is -0.965. The fraction of sp³-hybridized carbons (Fsp3) is 0.167. The lowest BCUT2D eigenvalue weighted by Gasteiger charge is -2.17. The van der Waals surface area contributed by atoms with Crippen molar-refractivity contribution >= 4 is 35.2 Å². The number of amides is 3. The van der Waals surface area contributed by atoms with Gasteiger partial charge in [-0.15, -0.1) is 0 Å². The highest BCUT2D eigenvalue weighted by molar-refractivity contribution is 6.30. The smallest absolute Gasteiger partial charge is 0.312 e. The van der Waals surface area contributed by atoms with Crippen LogP contribution >= 0.6 is 11.6 Å². The normalized spacial score (nSPS) is 11.4. The van der Waals surface area contributed by atoms with E-state index < -0.39 is 47.9 Å². The Morgan fingerprint density at radius 2 is 1.68 bits per heavy atom. The number of anilines is 1. The zero-order chi connectivity index (χ0) is 20.7. The molecule has 28 heavy (non-hydrogen) atoms. The number of carbonyl (C=O) groups excluding carboxylic acids is 3. The highest BCUT2D eigenvalue weighted by Gasteiger charge is 2.20. The SMILES string of the molecule is NC(=O)N[C@@H](CC(=O)OCC(=O)Nc1c(F)cccc1F)c1ccc(Cl)cc1. The molecule has 2 rings (SSSR count). The zero-order valence-electron chi connectivity index (χ0n) is 14.4. The van der Waals surface area contributed by atoms with Gasteiger partial charge < -0.3 is 21.1 Å². The van der Waals surface area contributed by atoms with Gasteiger partial charge in [0.15, 0.2) is 6.61 Å². The van der Waals surface area contributed by atoms with E-state index in [1.165, 1.54) is 0 Å². The minimum absolute atomic E-state index is 0.327. The Labute approximate surface area is 163 Å². The van der Waals surface area contributed by atoms with Gasteiger partial charge in [-0.1, -0.05) is 29.8 Å². The Morgan fingerprint density at radius 1 is 1.07 bits per heavy atom. The number of hydrogen-bond acceptors (Lipinski definition) is 4. The number of urea groups is 1. The Hall–Kier alpha value is -3.20. The van der Waals surface area contributed by atoms with Gasteiger partial charge in [-0.25, -0.2) is 13.6 Å². The second-order valence-corrected chi connectivity index (χ2v) is 6.06. The predicted molar refractivity (Wildman–Crippen MR) is 97.5 cm³/mol. The van der Waals surface area contributed by atoms with Crippen molar-refractivity contribution < 1.29 is 27.9 Å². The lowest BCUT2D eigenvalue weighted by molar-refractivity contribution is -0.147. The lowest BCUT2D eigenvalue weighted by Crippen LogP contribution is -2.35. The Kier molecular flexibility index (Phi) is 7.28. The van der Waals surface area contributed by atoms with Gasteiger partial charge >= 0.3 is 12.0 Å². The molecule has 2 aromatic carbocycles. The van der Waals surface area contributed by atoms with Crippen LogP contribution in [0.3, 0.4) is 0 Å². The van der Waals surface area contributed by atoms with Crippen LogP contribution in [0.4, 0.5) is 19.3 Å². The molecular weight excluding hydrogens is 396 g/mol. The van der Waals surface area contributed by atoms with Crippen LogP contribution in [0.15, 0.2) is 42.5 Å². The molecule has 0 saturated heterocycles. The maximum Gasteiger partial charge on any atom is 0.312 e. The summed E-state index contributed by atoms with van der Waals surface area (Å²) in [4.78, 5) is 34.9. The van der Waals surface area contributed by atoms with Crippen LogP contribution in [0.25, 0.3) is 0 Å². The summed E-state index contributed by atoms with van der Waals surface area (Å²) in [7, 11) is 0. The summed E-state index contributed by atoms with van der Waals surface area (Å²) < 4.78 is 31.8. The predicted octanol–water partition coefficient (Wildman–Crippen LogP) is 2.90. The van der Waals surface area contributed by atoms with Gasteiger partial charge in [-0.3, -0.25) is 9.59 Å². The molecule has 3 amide bonds. The Balaban J connectivity index is 1.94. The maximum atomic E-state index is 13.5. The summed E-state index contributed by atoms with van der Waals surface area (Å²) in [6.45, 7) is -0.767. The second-order valence-electron chi connectivity index (χ2n) is 5.62. The van der Waals surface area contributed by atoms with E-state index in [0.717, 1.165) is 18.2 Å². The monoisotopic (exact) mass is 411 g/mol. The number of nitrogens with two attached hydrogens (primary N) is 1. The molecule has 10 heteroatoms. The van der Waals surface area contributed by atoms with Crippen LogP contribution in [-0.4, -0.2) is 24.5 Å². The highest BCUT2D eigenvalue weighted by atomic mass is 35.5. The standard InChI is InChI=1S/C18H16ClF2N3O4/c19-11-6-4-10(5-7-11)14(23-18(22)27)8-16(26)28-9-15(25)24-17-12(20)2-1-3-13(17)21/h1-7,14H,8-9H2,(H,24,25)(H3,22,23,27)/t14-/m0/s1. The molecule has 0 aliphatic carbocycles. The molecular formula is C18H16ClF2N3O4. The zero-order valence-corrected chi connectivity index (χ0v) is 15.1. The number of ether oxygens (including phenoxy) is 1. The molecule has 0 unspecified atom stereocenters. The van der Waals surface area contributed by atoms with Crippen molar-refractivity contribution in [1.82, 2.24) is 5.32 Å². The number of benzene rings is 2. The summed E-state index contributed by atoms with van der Waals surface area (Å²) in [5.41, 5.74) is 5.01. The van der Waals surface area contributed by atoms with Crippen molar-refractivity contribution in [3.05, 3.63) is 64.7 Å². The number of halogens is 3. The number of hydrogen-bond donors (Lipinski definition) is 3. The fourth-order valence-corrected chi connectivity index (χ4v) is 2.41. The molecule has 0 radical (unpaired) electrons. The van der Waals surface area contributed by atoms with Crippen LogP contribution in [0, 0.1) is 11.6 Å². The first-order valence-electron chi connectivity index (χ1n) is 7.97. The van der Waals surface area contributed by atoms with Crippen molar-refractivity contribution in [3.63, 3.8) is 0 Å². The number of primary amides is 1. The van der Waals surface area contributed by atoms with Crippen LogP contribution in [0.2, 0.25) is 5.02 Å². The Morgan fingerprint density at radius 3 is 2.25 bits per heavy atom. The molecule has 0 fully saturated rings. The van der Waals surface area contributed by atoms with Gasteiger partial charge in [0, 0.05) is 5.02 Å². The van der Waals surface area contributed by atoms with Crippen LogP contribution in [0.1, 0.15) is 18.0 Å². The molecule has 0 aliphatic heterocycles. The minimum Gasteiger partial charge on any atom is -0.455 e. The average molecular weight is 412 g/mol. The van der Waals surface area contributed by atoms with E-state index >= 15 is 0 Å². The van der Waals surface area contributed by atoms with Gasteiger partial charge in [0.25, 0.3) is 5.91 Å². The topological polar surface area (TPSA) is 111 Å². The maximum absolute atomic E-state index is 13.5. The van der Waals surface area contributed by atoms with Gasteiger partial charge in [0.2, 0.25) is 0 Å². The van der Waals surface area contributed by atoms with E-state index in [1.54, 1.807) is 24.3 Å². The molecule has 1 atom stereocenters. The van der Waals surface area contributed by atoms with E-state index in [2.05, 4.69) is 5.32 Å². The largest absolute Gasteiger partial charge is 0.455 e. The fourth-order valence-electron chi connectivity index (χ4n) is 2.28. The van der Waals surface area contributed by atoms with E-state index in [0.29, 0.717) is 10.6 Å². The molecule has 0 saturated carbocycles. The van der Waals surface area contributed by atoms with E-state index in [9.17, 15) is 23.2 Å².